The number of carbonyl (C=O) groups is 1. The minimum absolute atomic E-state index is 0.150. The van der Waals surface area contributed by atoms with Crippen molar-refractivity contribution in [1.82, 2.24) is 25.0 Å². The largest absolute Gasteiger partial charge is 0.497 e. The minimum atomic E-state index is -0.150. The van der Waals surface area contributed by atoms with Gasteiger partial charge in [0.25, 0.3) is 5.91 Å². The molecule has 0 aliphatic carbocycles. The summed E-state index contributed by atoms with van der Waals surface area (Å²) in [6.45, 7) is 1.31. The molecule has 0 atom stereocenters. The van der Waals surface area contributed by atoms with Gasteiger partial charge in [0.2, 0.25) is 0 Å². The highest BCUT2D eigenvalue weighted by Crippen LogP contribution is 2.15. The monoisotopic (exact) mass is 349 g/mol. The van der Waals surface area contributed by atoms with Crippen LogP contribution in [0.1, 0.15) is 16.2 Å². The van der Waals surface area contributed by atoms with E-state index in [-0.39, 0.29) is 5.91 Å². The van der Waals surface area contributed by atoms with Crippen molar-refractivity contribution in [2.24, 2.45) is 7.05 Å². The van der Waals surface area contributed by atoms with E-state index in [0.717, 1.165) is 29.0 Å². The lowest BCUT2D eigenvalue weighted by molar-refractivity contribution is 0.0949. The average molecular weight is 349 g/mol. The minimum Gasteiger partial charge on any atom is -0.497 e. The second-order valence-electron chi connectivity index (χ2n) is 5.52. The molecule has 1 N–H and O–H groups in total. The highest BCUT2D eigenvalue weighted by Gasteiger charge is 2.11. The van der Waals surface area contributed by atoms with Crippen molar-refractivity contribution in [2.75, 3.05) is 33.5 Å². The fraction of sp³-hybridized carbons (Fsp3) is 0.438. The highest BCUT2D eigenvalue weighted by molar-refractivity contribution is 7.99. The number of hydrogen-bond donors (Lipinski definition) is 1. The molecule has 0 bridgehead atoms. The van der Waals surface area contributed by atoms with Crippen LogP contribution >= 0.6 is 11.8 Å². The summed E-state index contributed by atoms with van der Waals surface area (Å²) >= 11 is 1.65. The first kappa shape index (κ1) is 18.3. The van der Waals surface area contributed by atoms with E-state index in [1.165, 1.54) is 0 Å². The molecule has 0 aliphatic heterocycles. The van der Waals surface area contributed by atoms with Crippen molar-refractivity contribution in [2.45, 2.75) is 11.7 Å². The summed E-state index contributed by atoms with van der Waals surface area (Å²) < 4.78 is 7.00. The molecule has 1 aromatic carbocycles. The van der Waals surface area contributed by atoms with E-state index in [2.05, 4.69) is 20.4 Å². The van der Waals surface area contributed by atoms with Crippen molar-refractivity contribution in [3.05, 3.63) is 35.7 Å². The van der Waals surface area contributed by atoms with Gasteiger partial charge in [-0.3, -0.25) is 4.79 Å². The van der Waals surface area contributed by atoms with Gasteiger partial charge < -0.3 is 19.5 Å². The van der Waals surface area contributed by atoms with E-state index in [1.54, 1.807) is 43.1 Å². The van der Waals surface area contributed by atoms with Crippen LogP contribution in [0.15, 0.2) is 29.4 Å². The summed E-state index contributed by atoms with van der Waals surface area (Å²) in [6, 6.07) is 6.98. The third-order valence-corrected chi connectivity index (χ3v) is 4.45. The first-order valence-electron chi connectivity index (χ1n) is 7.59. The van der Waals surface area contributed by atoms with E-state index in [4.69, 9.17) is 4.74 Å². The molecule has 8 heteroatoms. The Morgan fingerprint density at radius 2 is 2.00 bits per heavy atom. The lowest BCUT2D eigenvalue weighted by Gasteiger charge is -2.09. The third-order valence-electron chi connectivity index (χ3n) is 3.45. The zero-order chi connectivity index (χ0) is 17.5. The number of methoxy groups -OCH3 is 1. The number of rotatable bonds is 8. The van der Waals surface area contributed by atoms with Gasteiger partial charge in [-0.1, -0.05) is 11.8 Å². The third kappa shape index (κ3) is 4.97. The maximum atomic E-state index is 12.2. The van der Waals surface area contributed by atoms with E-state index >= 15 is 0 Å². The molecule has 1 heterocycles. The van der Waals surface area contributed by atoms with Gasteiger partial charge in [0.1, 0.15) is 5.75 Å². The van der Waals surface area contributed by atoms with Crippen LogP contribution in [0.3, 0.4) is 0 Å². The molecule has 0 unspecified atom stereocenters. The number of carbonyl (C=O) groups excluding carboxylic acids is 1. The van der Waals surface area contributed by atoms with Crippen molar-refractivity contribution in [3.8, 4) is 5.75 Å². The predicted octanol–water partition coefficient (Wildman–Crippen LogP) is 1.41. The molecule has 1 aromatic heterocycles. The Morgan fingerprint density at radius 1 is 1.29 bits per heavy atom. The molecule has 130 valence electrons. The number of nitrogens with one attached hydrogen (secondary N) is 1. The Labute approximate surface area is 146 Å². The van der Waals surface area contributed by atoms with Gasteiger partial charge in [0, 0.05) is 24.9 Å². The molecule has 0 aliphatic rings. The molecule has 0 saturated carbocycles. The summed E-state index contributed by atoms with van der Waals surface area (Å²) in [5, 5.41) is 12.0. The zero-order valence-electron chi connectivity index (χ0n) is 14.4. The van der Waals surface area contributed by atoms with Crippen LogP contribution in [0.5, 0.6) is 5.75 Å². The zero-order valence-corrected chi connectivity index (χ0v) is 15.3. The van der Waals surface area contributed by atoms with Crippen LogP contribution in [0, 0.1) is 0 Å². The summed E-state index contributed by atoms with van der Waals surface area (Å²) in [6.07, 6.45) is 0. The van der Waals surface area contributed by atoms with Gasteiger partial charge >= 0.3 is 0 Å². The van der Waals surface area contributed by atoms with Crippen LogP contribution < -0.4 is 10.1 Å². The molecule has 2 aromatic rings. The van der Waals surface area contributed by atoms with Gasteiger partial charge in [0.05, 0.1) is 13.7 Å². The standard InChI is InChI=1S/C16H23N5O2S/c1-20(2)9-10-24-16-19-18-14(21(16)3)11-17-15(22)12-5-7-13(23-4)8-6-12/h5-8H,9-11H2,1-4H3,(H,17,22). The number of thioether (sulfide) groups is 1. The van der Waals surface area contributed by atoms with Crippen LogP contribution in [0.4, 0.5) is 0 Å². The molecule has 1 amide bonds. The smallest absolute Gasteiger partial charge is 0.251 e. The topological polar surface area (TPSA) is 72.3 Å². The fourth-order valence-electron chi connectivity index (χ4n) is 1.95. The molecule has 0 spiro atoms. The molecular formula is C16H23N5O2S. The summed E-state index contributed by atoms with van der Waals surface area (Å²) in [4.78, 5) is 14.3. The number of aromatic nitrogens is 3. The molecule has 7 nitrogen and oxygen atoms in total. The SMILES string of the molecule is COc1ccc(C(=O)NCc2nnc(SCCN(C)C)n2C)cc1. The summed E-state index contributed by atoms with van der Waals surface area (Å²) in [7, 11) is 7.58. The van der Waals surface area contributed by atoms with Crippen molar-refractivity contribution < 1.29 is 9.53 Å². The first-order chi connectivity index (χ1) is 11.5. The van der Waals surface area contributed by atoms with Gasteiger partial charge in [-0.05, 0) is 38.4 Å². The van der Waals surface area contributed by atoms with Crippen molar-refractivity contribution >= 4 is 17.7 Å². The van der Waals surface area contributed by atoms with Crippen LogP contribution in [-0.2, 0) is 13.6 Å². The van der Waals surface area contributed by atoms with Crippen LogP contribution in [0.25, 0.3) is 0 Å². The Kier molecular flexibility index (Phi) is 6.62. The lowest BCUT2D eigenvalue weighted by atomic mass is 10.2. The maximum Gasteiger partial charge on any atom is 0.251 e. The highest BCUT2D eigenvalue weighted by atomic mass is 32.2. The van der Waals surface area contributed by atoms with Gasteiger partial charge in [-0.15, -0.1) is 10.2 Å². The predicted molar refractivity (Wildman–Crippen MR) is 94.4 cm³/mol. The van der Waals surface area contributed by atoms with Crippen LogP contribution in [0.2, 0.25) is 0 Å². The molecular weight excluding hydrogens is 326 g/mol. The van der Waals surface area contributed by atoms with E-state index in [1.807, 2.05) is 25.7 Å². The van der Waals surface area contributed by atoms with Crippen molar-refractivity contribution in [1.29, 1.82) is 0 Å². The van der Waals surface area contributed by atoms with Crippen molar-refractivity contribution in [3.63, 3.8) is 0 Å². The number of nitrogens with zero attached hydrogens (tertiary/aromatic N) is 4. The molecule has 0 radical (unpaired) electrons. The normalized spacial score (nSPS) is 10.9. The number of benzene rings is 1. The maximum absolute atomic E-state index is 12.2. The van der Waals surface area contributed by atoms with E-state index in [0.29, 0.717) is 12.1 Å². The molecule has 2 rings (SSSR count). The number of amides is 1. The second-order valence-corrected chi connectivity index (χ2v) is 6.58. The number of hydrogen-bond acceptors (Lipinski definition) is 6. The molecule has 0 saturated heterocycles. The molecule has 24 heavy (non-hydrogen) atoms. The van der Waals surface area contributed by atoms with Crippen LogP contribution in [-0.4, -0.2) is 59.1 Å². The Balaban J connectivity index is 1.89. The van der Waals surface area contributed by atoms with Gasteiger partial charge in [0.15, 0.2) is 11.0 Å². The van der Waals surface area contributed by atoms with E-state index in [9.17, 15) is 4.79 Å². The van der Waals surface area contributed by atoms with Gasteiger partial charge in [-0.25, -0.2) is 0 Å². The lowest BCUT2D eigenvalue weighted by Crippen LogP contribution is -2.24. The average Bonchev–Trinajstić information content (AvgIpc) is 2.93. The number of ether oxygens (including phenoxy) is 1. The Bertz CT molecular complexity index is 670. The summed E-state index contributed by atoms with van der Waals surface area (Å²) in [5.74, 6) is 2.24. The van der Waals surface area contributed by atoms with Gasteiger partial charge in [-0.2, -0.15) is 0 Å². The Hall–Kier alpha value is -2.06. The first-order valence-corrected chi connectivity index (χ1v) is 8.58. The molecule has 0 fully saturated rings. The quantitative estimate of drug-likeness (QED) is 0.727. The van der Waals surface area contributed by atoms with E-state index < -0.39 is 0 Å². The summed E-state index contributed by atoms with van der Waals surface area (Å²) in [5.41, 5.74) is 0.582. The fourth-order valence-corrected chi connectivity index (χ4v) is 2.98. The Morgan fingerprint density at radius 3 is 2.62 bits per heavy atom. The second kappa shape index (κ2) is 8.70.